The second-order valence-electron chi connectivity index (χ2n) is 6.76. The standard InChI is InChI=1S/C23H21N3O2S2/c27-21(24-13-12-18-9-6-14-29-18)16-30-23-25-20-11-5-4-10-19(20)22(28)26(23)15-17-7-2-1-3-8-17/h1-11,14H,12-13,15-16H2,(H,24,27). The van der Waals surface area contributed by atoms with Crippen LogP contribution in [0.25, 0.3) is 10.9 Å². The highest BCUT2D eigenvalue weighted by atomic mass is 32.2. The van der Waals surface area contributed by atoms with Gasteiger partial charge in [0.2, 0.25) is 5.91 Å². The average molecular weight is 436 g/mol. The van der Waals surface area contributed by atoms with Crippen molar-refractivity contribution in [3.05, 3.63) is 92.9 Å². The van der Waals surface area contributed by atoms with Crippen LogP contribution in [0.15, 0.2) is 82.1 Å². The number of amides is 1. The van der Waals surface area contributed by atoms with E-state index >= 15 is 0 Å². The van der Waals surface area contributed by atoms with Crippen LogP contribution in [0.5, 0.6) is 0 Å². The summed E-state index contributed by atoms with van der Waals surface area (Å²) in [5.41, 5.74) is 1.57. The molecule has 2 heterocycles. The normalized spacial score (nSPS) is 10.9. The number of thiophene rings is 1. The predicted molar refractivity (Wildman–Crippen MR) is 123 cm³/mol. The van der Waals surface area contributed by atoms with Crippen LogP contribution in [0, 0.1) is 0 Å². The summed E-state index contributed by atoms with van der Waals surface area (Å²) in [7, 11) is 0. The van der Waals surface area contributed by atoms with Crippen molar-refractivity contribution in [2.24, 2.45) is 0 Å². The molecule has 0 atom stereocenters. The van der Waals surface area contributed by atoms with Crippen LogP contribution in [0.2, 0.25) is 0 Å². The molecule has 0 unspecified atom stereocenters. The SMILES string of the molecule is O=C(CSc1nc2ccccc2c(=O)n1Cc1ccccc1)NCCc1cccs1. The molecule has 2 aromatic carbocycles. The summed E-state index contributed by atoms with van der Waals surface area (Å²) in [4.78, 5) is 31.4. The molecule has 152 valence electrons. The van der Waals surface area contributed by atoms with Crippen molar-refractivity contribution in [1.82, 2.24) is 14.9 Å². The third-order valence-electron chi connectivity index (χ3n) is 4.62. The first-order valence-electron chi connectivity index (χ1n) is 9.66. The van der Waals surface area contributed by atoms with Crippen LogP contribution in [0.4, 0.5) is 0 Å². The van der Waals surface area contributed by atoms with Crippen molar-refractivity contribution in [3.8, 4) is 0 Å². The molecule has 2 aromatic heterocycles. The van der Waals surface area contributed by atoms with Gasteiger partial charge in [0, 0.05) is 11.4 Å². The molecule has 5 nitrogen and oxygen atoms in total. The first kappa shape index (κ1) is 20.4. The number of fused-ring (bicyclic) bond motifs is 1. The Hall–Kier alpha value is -2.90. The highest BCUT2D eigenvalue weighted by molar-refractivity contribution is 7.99. The minimum atomic E-state index is -0.0925. The Kier molecular flexibility index (Phi) is 6.61. The topological polar surface area (TPSA) is 64.0 Å². The quantitative estimate of drug-likeness (QED) is 0.336. The van der Waals surface area contributed by atoms with Gasteiger partial charge in [-0.3, -0.25) is 14.2 Å². The lowest BCUT2D eigenvalue weighted by molar-refractivity contribution is -0.118. The molecule has 4 rings (SSSR count). The van der Waals surface area contributed by atoms with Crippen LogP contribution in [-0.4, -0.2) is 27.8 Å². The van der Waals surface area contributed by atoms with E-state index in [1.807, 2.05) is 60.0 Å². The lowest BCUT2D eigenvalue weighted by Crippen LogP contribution is -2.28. The molecule has 30 heavy (non-hydrogen) atoms. The summed E-state index contributed by atoms with van der Waals surface area (Å²) in [6, 6.07) is 21.2. The molecule has 0 saturated carbocycles. The Bertz CT molecular complexity index is 1190. The van der Waals surface area contributed by atoms with E-state index in [1.54, 1.807) is 22.0 Å². The summed E-state index contributed by atoms with van der Waals surface area (Å²) >= 11 is 2.98. The predicted octanol–water partition coefficient (Wildman–Crippen LogP) is 3.96. The van der Waals surface area contributed by atoms with E-state index in [2.05, 4.69) is 16.4 Å². The number of carbonyl (C=O) groups excluding carboxylic acids is 1. The number of rotatable bonds is 8. The van der Waals surface area contributed by atoms with Crippen LogP contribution in [0.1, 0.15) is 10.4 Å². The van der Waals surface area contributed by atoms with E-state index in [9.17, 15) is 9.59 Å². The van der Waals surface area contributed by atoms with Gasteiger partial charge in [-0.15, -0.1) is 11.3 Å². The largest absolute Gasteiger partial charge is 0.355 e. The van der Waals surface area contributed by atoms with Gasteiger partial charge >= 0.3 is 0 Å². The first-order valence-corrected chi connectivity index (χ1v) is 11.5. The summed E-state index contributed by atoms with van der Waals surface area (Å²) in [5, 5.41) is 6.11. The van der Waals surface area contributed by atoms with Gasteiger partial charge in [0.05, 0.1) is 23.2 Å². The molecule has 0 fully saturated rings. The molecule has 0 aliphatic heterocycles. The first-order chi connectivity index (χ1) is 14.7. The summed E-state index contributed by atoms with van der Waals surface area (Å²) in [6.45, 7) is 1.02. The Balaban J connectivity index is 1.50. The zero-order valence-corrected chi connectivity index (χ0v) is 17.9. The number of carbonyl (C=O) groups is 1. The van der Waals surface area contributed by atoms with Gasteiger partial charge in [0.25, 0.3) is 5.56 Å². The summed E-state index contributed by atoms with van der Waals surface area (Å²) in [5.74, 6) is 0.148. The molecule has 4 aromatic rings. The zero-order valence-electron chi connectivity index (χ0n) is 16.3. The summed E-state index contributed by atoms with van der Waals surface area (Å²) < 4.78 is 1.65. The molecule has 0 bridgehead atoms. The number of nitrogens with one attached hydrogen (secondary N) is 1. The Morgan fingerprint density at radius 2 is 1.83 bits per heavy atom. The molecule has 1 N–H and O–H groups in total. The molecule has 0 radical (unpaired) electrons. The van der Waals surface area contributed by atoms with Gasteiger partial charge in [-0.2, -0.15) is 0 Å². The minimum Gasteiger partial charge on any atom is -0.355 e. The maximum absolute atomic E-state index is 13.1. The van der Waals surface area contributed by atoms with Gasteiger partial charge in [0.15, 0.2) is 5.16 Å². The zero-order chi connectivity index (χ0) is 20.8. The van der Waals surface area contributed by atoms with Crippen LogP contribution >= 0.6 is 23.1 Å². The van der Waals surface area contributed by atoms with Gasteiger partial charge < -0.3 is 5.32 Å². The van der Waals surface area contributed by atoms with Gasteiger partial charge in [-0.25, -0.2) is 4.98 Å². The fourth-order valence-corrected chi connectivity index (χ4v) is 4.66. The van der Waals surface area contributed by atoms with E-state index in [0.717, 1.165) is 12.0 Å². The lowest BCUT2D eigenvalue weighted by atomic mass is 10.2. The molecule has 0 aliphatic rings. The number of aromatic nitrogens is 2. The second-order valence-corrected chi connectivity index (χ2v) is 8.73. The van der Waals surface area contributed by atoms with Crippen molar-refractivity contribution in [2.45, 2.75) is 18.1 Å². The van der Waals surface area contributed by atoms with E-state index in [-0.39, 0.29) is 17.2 Å². The monoisotopic (exact) mass is 435 g/mol. The van der Waals surface area contributed by atoms with Crippen molar-refractivity contribution in [1.29, 1.82) is 0 Å². The van der Waals surface area contributed by atoms with Crippen molar-refractivity contribution < 1.29 is 4.79 Å². The number of thioether (sulfide) groups is 1. The highest BCUT2D eigenvalue weighted by Crippen LogP contribution is 2.19. The number of para-hydroxylation sites is 1. The van der Waals surface area contributed by atoms with Crippen LogP contribution in [0.3, 0.4) is 0 Å². The van der Waals surface area contributed by atoms with Crippen molar-refractivity contribution in [3.63, 3.8) is 0 Å². The number of benzene rings is 2. The van der Waals surface area contributed by atoms with E-state index in [4.69, 9.17) is 0 Å². The van der Waals surface area contributed by atoms with Crippen LogP contribution < -0.4 is 10.9 Å². The maximum Gasteiger partial charge on any atom is 0.262 e. The highest BCUT2D eigenvalue weighted by Gasteiger charge is 2.13. The molecule has 0 saturated heterocycles. The Labute approximate surface area is 182 Å². The lowest BCUT2D eigenvalue weighted by Gasteiger charge is -2.13. The van der Waals surface area contributed by atoms with Gasteiger partial charge in [-0.1, -0.05) is 60.3 Å². The van der Waals surface area contributed by atoms with Gasteiger partial charge in [0.1, 0.15) is 0 Å². The molecule has 7 heteroatoms. The maximum atomic E-state index is 13.1. The van der Waals surface area contributed by atoms with E-state index in [1.165, 1.54) is 16.6 Å². The minimum absolute atomic E-state index is 0.0646. The van der Waals surface area contributed by atoms with E-state index < -0.39 is 0 Å². The van der Waals surface area contributed by atoms with E-state index in [0.29, 0.717) is 29.1 Å². The smallest absolute Gasteiger partial charge is 0.262 e. The molecule has 1 amide bonds. The fourth-order valence-electron chi connectivity index (χ4n) is 3.12. The second kappa shape index (κ2) is 9.73. The number of nitrogens with zero attached hydrogens (tertiary/aromatic N) is 2. The molecule has 0 aliphatic carbocycles. The van der Waals surface area contributed by atoms with Gasteiger partial charge in [-0.05, 0) is 35.6 Å². The van der Waals surface area contributed by atoms with Crippen molar-refractivity contribution >= 4 is 39.9 Å². The average Bonchev–Trinajstić information content (AvgIpc) is 3.29. The Morgan fingerprint density at radius 3 is 2.63 bits per heavy atom. The fraction of sp³-hybridized carbons (Fsp3) is 0.174. The van der Waals surface area contributed by atoms with Crippen molar-refractivity contribution in [2.75, 3.05) is 12.3 Å². The van der Waals surface area contributed by atoms with Crippen LogP contribution in [-0.2, 0) is 17.8 Å². The molecule has 0 spiro atoms. The Morgan fingerprint density at radius 1 is 1.03 bits per heavy atom. The third kappa shape index (κ3) is 4.98. The molecular weight excluding hydrogens is 414 g/mol. The summed E-state index contributed by atoms with van der Waals surface area (Å²) in [6.07, 6.45) is 0.820. The molecular formula is C23H21N3O2S2. The third-order valence-corrected chi connectivity index (χ3v) is 6.53. The number of hydrogen-bond donors (Lipinski definition) is 1. The number of hydrogen-bond acceptors (Lipinski definition) is 5.